The summed E-state index contributed by atoms with van der Waals surface area (Å²) in [6, 6.07) is 5.60. The fourth-order valence-electron chi connectivity index (χ4n) is 2.29. The lowest BCUT2D eigenvalue weighted by molar-refractivity contribution is -0.141. The van der Waals surface area contributed by atoms with Gasteiger partial charge < -0.3 is 15.3 Å². The van der Waals surface area contributed by atoms with Crippen LogP contribution in [0, 0.1) is 12.8 Å². The SMILES string of the molecule is Cc1cccc(CCNC(=O)N2CCC(C(=O)O)C2)n1. The van der Waals surface area contributed by atoms with E-state index in [1.165, 1.54) is 0 Å². The summed E-state index contributed by atoms with van der Waals surface area (Å²) in [6.45, 7) is 3.23. The van der Waals surface area contributed by atoms with Crippen molar-refractivity contribution in [3.05, 3.63) is 29.6 Å². The van der Waals surface area contributed by atoms with Crippen molar-refractivity contribution in [3.8, 4) is 0 Å². The zero-order chi connectivity index (χ0) is 14.5. The highest BCUT2D eigenvalue weighted by atomic mass is 16.4. The summed E-state index contributed by atoms with van der Waals surface area (Å²) in [5.74, 6) is -1.26. The second-order valence-electron chi connectivity index (χ2n) is 5.02. The lowest BCUT2D eigenvalue weighted by Crippen LogP contribution is -2.39. The van der Waals surface area contributed by atoms with Crippen LogP contribution in [-0.4, -0.2) is 46.6 Å². The van der Waals surface area contributed by atoms with Gasteiger partial charge in [0, 0.05) is 37.4 Å². The van der Waals surface area contributed by atoms with E-state index in [-0.39, 0.29) is 6.03 Å². The Morgan fingerprint density at radius 1 is 1.50 bits per heavy atom. The number of aliphatic carboxylic acids is 1. The number of hydrogen-bond donors (Lipinski definition) is 2. The Kier molecular flexibility index (Phi) is 4.55. The molecule has 6 heteroatoms. The molecule has 1 atom stereocenters. The van der Waals surface area contributed by atoms with E-state index < -0.39 is 11.9 Å². The summed E-state index contributed by atoms with van der Waals surface area (Å²) in [4.78, 5) is 28.6. The number of rotatable bonds is 4. The third kappa shape index (κ3) is 3.69. The molecule has 0 aliphatic carbocycles. The molecule has 2 rings (SSSR count). The predicted octanol–water partition coefficient (Wildman–Crippen LogP) is 1.05. The van der Waals surface area contributed by atoms with Gasteiger partial charge in [0.05, 0.1) is 5.92 Å². The molecule has 0 aromatic carbocycles. The number of carbonyl (C=O) groups excluding carboxylic acids is 1. The molecule has 0 bridgehead atoms. The minimum atomic E-state index is -0.829. The average molecular weight is 277 g/mol. The number of carbonyl (C=O) groups is 2. The molecule has 0 radical (unpaired) electrons. The molecule has 1 aromatic heterocycles. The van der Waals surface area contributed by atoms with Gasteiger partial charge in [-0.3, -0.25) is 9.78 Å². The van der Waals surface area contributed by atoms with E-state index in [4.69, 9.17) is 5.11 Å². The normalized spacial score (nSPS) is 18.1. The number of urea groups is 1. The van der Waals surface area contributed by atoms with Gasteiger partial charge >= 0.3 is 12.0 Å². The number of nitrogens with one attached hydrogen (secondary N) is 1. The molecule has 1 aromatic rings. The van der Waals surface area contributed by atoms with E-state index in [2.05, 4.69) is 10.3 Å². The van der Waals surface area contributed by atoms with Gasteiger partial charge in [0.1, 0.15) is 0 Å². The standard InChI is InChI=1S/C14H19N3O3/c1-10-3-2-4-12(16-10)5-7-15-14(20)17-8-6-11(9-17)13(18)19/h2-4,11H,5-9H2,1H3,(H,15,20)(H,18,19). The lowest BCUT2D eigenvalue weighted by Gasteiger charge is -2.16. The first-order valence-electron chi connectivity index (χ1n) is 6.74. The first kappa shape index (κ1) is 14.3. The molecule has 6 nitrogen and oxygen atoms in total. The zero-order valence-electron chi connectivity index (χ0n) is 11.5. The van der Waals surface area contributed by atoms with Crippen molar-refractivity contribution in [1.29, 1.82) is 0 Å². The Morgan fingerprint density at radius 3 is 2.95 bits per heavy atom. The van der Waals surface area contributed by atoms with Gasteiger partial charge in [-0.05, 0) is 25.5 Å². The first-order chi connectivity index (χ1) is 9.56. The molecule has 1 saturated heterocycles. The van der Waals surface area contributed by atoms with Gasteiger partial charge in [0.25, 0.3) is 0 Å². The minimum Gasteiger partial charge on any atom is -0.481 e. The van der Waals surface area contributed by atoms with Crippen molar-refractivity contribution in [2.24, 2.45) is 5.92 Å². The van der Waals surface area contributed by atoms with Crippen molar-refractivity contribution < 1.29 is 14.7 Å². The Labute approximate surface area is 117 Å². The van der Waals surface area contributed by atoms with E-state index >= 15 is 0 Å². The Balaban J connectivity index is 1.75. The summed E-state index contributed by atoms with van der Waals surface area (Å²) in [5.41, 5.74) is 1.90. The van der Waals surface area contributed by atoms with Crippen LogP contribution < -0.4 is 5.32 Å². The average Bonchev–Trinajstić information content (AvgIpc) is 2.88. The maximum absolute atomic E-state index is 11.9. The van der Waals surface area contributed by atoms with Crippen LogP contribution in [0.5, 0.6) is 0 Å². The fourth-order valence-corrected chi connectivity index (χ4v) is 2.29. The Morgan fingerprint density at radius 2 is 2.30 bits per heavy atom. The molecule has 20 heavy (non-hydrogen) atoms. The molecule has 1 unspecified atom stereocenters. The first-order valence-corrected chi connectivity index (χ1v) is 6.74. The molecule has 108 valence electrons. The van der Waals surface area contributed by atoms with Crippen LogP contribution in [0.25, 0.3) is 0 Å². The molecule has 0 spiro atoms. The van der Waals surface area contributed by atoms with Crippen molar-refractivity contribution in [3.63, 3.8) is 0 Å². The summed E-state index contributed by atoms with van der Waals surface area (Å²) < 4.78 is 0. The quantitative estimate of drug-likeness (QED) is 0.861. The molecule has 2 heterocycles. The second kappa shape index (κ2) is 6.36. The monoisotopic (exact) mass is 277 g/mol. The van der Waals surface area contributed by atoms with Crippen LogP contribution >= 0.6 is 0 Å². The molecule has 1 aliphatic rings. The Hall–Kier alpha value is -2.11. The van der Waals surface area contributed by atoms with Gasteiger partial charge in [-0.2, -0.15) is 0 Å². The largest absolute Gasteiger partial charge is 0.481 e. The summed E-state index contributed by atoms with van der Waals surface area (Å²) >= 11 is 0. The van der Waals surface area contributed by atoms with Gasteiger partial charge in [-0.25, -0.2) is 4.79 Å². The molecule has 1 aliphatic heterocycles. The van der Waals surface area contributed by atoms with Crippen LogP contribution in [0.1, 0.15) is 17.8 Å². The molecular weight excluding hydrogens is 258 g/mol. The number of nitrogens with zero attached hydrogens (tertiary/aromatic N) is 2. The van der Waals surface area contributed by atoms with Crippen molar-refractivity contribution in [2.45, 2.75) is 19.8 Å². The van der Waals surface area contributed by atoms with Crippen LogP contribution in [0.3, 0.4) is 0 Å². The van der Waals surface area contributed by atoms with Crippen molar-refractivity contribution >= 4 is 12.0 Å². The minimum absolute atomic E-state index is 0.193. The van der Waals surface area contributed by atoms with Crippen LogP contribution in [0.2, 0.25) is 0 Å². The number of likely N-dealkylation sites (tertiary alicyclic amines) is 1. The van der Waals surface area contributed by atoms with Crippen LogP contribution in [0.15, 0.2) is 18.2 Å². The van der Waals surface area contributed by atoms with E-state index in [1.807, 2.05) is 25.1 Å². The smallest absolute Gasteiger partial charge is 0.317 e. The third-order valence-corrected chi connectivity index (χ3v) is 3.43. The van der Waals surface area contributed by atoms with Crippen molar-refractivity contribution in [1.82, 2.24) is 15.2 Å². The van der Waals surface area contributed by atoms with Crippen LogP contribution in [-0.2, 0) is 11.2 Å². The number of aryl methyl sites for hydroxylation is 1. The summed E-state index contributed by atoms with van der Waals surface area (Å²) in [7, 11) is 0. The maximum Gasteiger partial charge on any atom is 0.317 e. The fraction of sp³-hybridized carbons (Fsp3) is 0.500. The van der Waals surface area contributed by atoms with Crippen molar-refractivity contribution in [2.75, 3.05) is 19.6 Å². The highest BCUT2D eigenvalue weighted by Gasteiger charge is 2.30. The third-order valence-electron chi connectivity index (χ3n) is 3.43. The number of pyridine rings is 1. The van der Waals surface area contributed by atoms with E-state index in [0.717, 1.165) is 11.4 Å². The van der Waals surface area contributed by atoms with E-state index in [0.29, 0.717) is 32.5 Å². The maximum atomic E-state index is 11.9. The highest BCUT2D eigenvalue weighted by Crippen LogP contribution is 2.15. The van der Waals surface area contributed by atoms with Gasteiger partial charge in [0.2, 0.25) is 0 Å². The summed E-state index contributed by atoms with van der Waals surface area (Å²) in [5, 5.41) is 11.7. The zero-order valence-corrected chi connectivity index (χ0v) is 11.5. The molecule has 0 saturated carbocycles. The molecule has 2 amide bonds. The highest BCUT2D eigenvalue weighted by molar-refractivity contribution is 5.77. The Bertz CT molecular complexity index is 504. The predicted molar refractivity (Wildman–Crippen MR) is 73.4 cm³/mol. The molecule has 2 N–H and O–H groups in total. The van der Waals surface area contributed by atoms with E-state index in [9.17, 15) is 9.59 Å². The van der Waals surface area contributed by atoms with Gasteiger partial charge in [0.15, 0.2) is 0 Å². The van der Waals surface area contributed by atoms with Gasteiger partial charge in [-0.15, -0.1) is 0 Å². The second-order valence-corrected chi connectivity index (χ2v) is 5.02. The number of carboxylic acids is 1. The number of aromatic nitrogens is 1. The number of hydrogen-bond acceptors (Lipinski definition) is 3. The summed E-state index contributed by atoms with van der Waals surface area (Å²) in [6.07, 6.45) is 1.20. The van der Waals surface area contributed by atoms with E-state index in [1.54, 1.807) is 4.90 Å². The molecular formula is C14H19N3O3. The van der Waals surface area contributed by atoms with Crippen LogP contribution in [0.4, 0.5) is 4.79 Å². The number of carboxylic acid groups (broad SMARTS) is 1. The number of amides is 2. The van der Waals surface area contributed by atoms with Gasteiger partial charge in [-0.1, -0.05) is 6.07 Å². The molecule has 1 fully saturated rings. The topological polar surface area (TPSA) is 82.5 Å². The lowest BCUT2D eigenvalue weighted by atomic mass is 10.1.